The Bertz CT molecular complexity index is 544. The van der Waals surface area contributed by atoms with Crippen molar-refractivity contribution in [2.75, 3.05) is 27.2 Å². The lowest BCUT2D eigenvalue weighted by Crippen LogP contribution is -2.41. The van der Waals surface area contributed by atoms with E-state index in [1.807, 2.05) is 0 Å². The number of nitrogens with two attached hydrogens (primary N) is 1. The monoisotopic (exact) mass is 316 g/mol. The van der Waals surface area contributed by atoms with Crippen molar-refractivity contribution in [2.24, 2.45) is 16.6 Å². The van der Waals surface area contributed by atoms with Gasteiger partial charge in [0.25, 0.3) is 0 Å². The highest BCUT2D eigenvalue weighted by atomic mass is 15.2. The number of likely N-dealkylation sites (tertiary alicyclic amines) is 1. The van der Waals surface area contributed by atoms with Gasteiger partial charge in [0.2, 0.25) is 0 Å². The summed E-state index contributed by atoms with van der Waals surface area (Å²) in [6.45, 7) is 6.81. The number of nitrogens with zero attached hydrogens (tertiary/aromatic N) is 3. The lowest BCUT2D eigenvalue weighted by Gasteiger charge is -2.27. The molecule has 128 valence electrons. The molecule has 0 bridgehead atoms. The lowest BCUT2D eigenvalue weighted by molar-refractivity contribution is 0.204. The second kappa shape index (κ2) is 6.78. The van der Waals surface area contributed by atoms with E-state index in [1.54, 1.807) is 0 Å². The minimum absolute atomic E-state index is 0.284. The summed E-state index contributed by atoms with van der Waals surface area (Å²) in [5.74, 6) is 0.503. The average molecular weight is 316 g/mol. The zero-order valence-corrected chi connectivity index (χ0v) is 15.2. The maximum atomic E-state index is 6.72. The van der Waals surface area contributed by atoms with E-state index in [4.69, 9.17) is 10.7 Å². The molecule has 0 saturated carbocycles. The van der Waals surface area contributed by atoms with Gasteiger partial charge in [-0.25, -0.2) is 0 Å². The maximum Gasteiger partial charge on any atom is 0.0694 e. The second-order valence-electron chi connectivity index (χ2n) is 7.65. The lowest BCUT2D eigenvalue weighted by atomic mass is 9.91. The molecule has 2 N–H and O–H groups in total. The average Bonchev–Trinajstić information content (AvgIpc) is 2.70. The molecule has 0 spiro atoms. The van der Waals surface area contributed by atoms with Crippen molar-refractivity contribution in [3.8, 4) is 0 Å². The second-order valence-corrected chi connectivity index (χ2v) is 7.65. The summed E-state index contributed by atoms with van der Waals surface area (Å²) < 4.78 is 0. The van der Waals surface area contributed by atoms with Gasteiger partial charge in [0, 0.05) is 36.7 Å². The van der Waals surface area contributed by atoms with Crippen LogP contribution in [0.4, 0.5) is 0 Å². The molecule has 0 aromatic carbocycles. The molecule has 2 heterocycles. The van der Waals surface area contributed by atoms with Crippen LogP contribution in [0.5, 0.6) is 0 Å². The van der Waals surface area contributed by atoms with Gasteiger partial charge in [-0.1, -0.05) is 13.3 Å². The fraction of sp³-hybridized carbons (Fsp3) is 0.737. The first-order valence-electron chi connectivity index (χ1n) is 9.17. The van der Waals surface area contributed by atoms with Gasteiger partial charge in [-0.05, 0) is 63.8 Å². The number of aliphatic imine (C=N–C) groups is 1. The molecule has 3 rings (SSSR count). The van der Waals surface area contributed by atoms with Gasteiger partial charge in [0.05, 0.1) is 6.04 Å². The Morgan fingerprint density at radius 2 is 1.96 bits per heavy atom. The van der Waals surface area contributed by atoms with Crippen LogP contribution in [0.3, 0.4) is 0 Å². The van der Waals surface area contributed by atoms with E-state index in [2.05, 4.69) is 44.0 Å². The SMILES string of the molecule is CC1C2=C(N)C3=C(CCCCC3)N=CC2N(CCN(C)C)C1C. The van der Waals surface area contributed by atoms with E-state index in [0.717, 1.165) is 31.6 Å². The fourth-order valence-corrected chi connectivity index (χ4v) is 4.31. The molecule has 4 heteroatoms. The van der Waals surface area contributed by atoms with E-state index in [9.17, 15) is 0 Å². The summed E-state index contributed by atoms with van der Waals surface area (Å²) in [5, 5.41) is 0. The Balaban J connectivity index is 1.95. The Morgan fingerprint density at radius 1 is 1.22 bits per heavy atom. The molecule has 23 heavy (non-hydrogen) atoms. The summed E-state index contributed by atoms with van der Waals surface area (Å²) in [7, 11) is 4.28. The highest BCUT2D eigenvalue weighted by Crippen LogP contribution is 2.40. The van der Waals surface area contributed by atoms with E-state index >= 15 is 0 Å². The first kappa shape index (κ1) is 16.7. The number of hydrogen-bond acceptors (Lipinski definition) is 4. The smallest absolute Gasteiger partial charge is 0.0694 e. The van der Waals surface area contributed by atoms with Crippen LogP contribution < -0.4 is 5.73 Å². The zero-order valence-electron chi connectivity index (χ0n) is 15.2. The van der Waals surface area contributed by atoms with E-state index in [1.165, 1.54) is 36.1 Å². The third kappa shape index (κ3) is 3.11. The van der Waals surface area contributed by atoms with Gasteiger partial charge in [0.1, 0.15) is 0 Å². The standard InChI is InChI=1S/C19H32N4/c1-13-14(2)23(11-10-22(3)4)17-12-21-16-9-7-5-6-8-15(16)19(20)18(13)17/h12-14,17H,5-11,20H2,1-4H3. The number of allylic oxidation sites excluding steroid dienone is 2. The quantitative estimate of drug-likeness (QED) is 0.871. The topological polar surface area (TPSA) is 44.9 Å². The number of fused-ring (bicyclic) bond motifs is 1. The van der Waals surface area contributed by atoms with Crippen molar-refractivity contribution >= 4 is 6.21 Å². The number of likely N-dealkylation sites (N-methyl/N-ethyl adjacent to an activating group) is 1. The third-order valence-electron chi connectivity index (χ3n) is 5.92. The van der Waals surface area contributed by atoms with Crippen LogP contribution in [0, 0.1) is 5.92 Å². The van der Waals surface area contributed by atoms with Crippen molar-refractivity contribution in [3.05, 3.63) is 22.5 Å². The highest BCUT2D eigenvalue weighted by Gasteiger charge is 2.42. The van der Waals surface area contributed by atoms with Crippen LogP contribution >= 0.6 is 0 Å². The molecule has 1 fully saturated rings. The van der Waals surface area contributed by atoms with Gasteiger partial charge >= 0.3 is 0 Å². The molecule has 0 aromatic rings. The van der Waals surface area contributed by atoms with Crippen molar-refractivity contribution in [3.63, 3.8) is 0 Å². The van der Waals surface area contributed by atoms with Gasteiger partial charge in [-0.3, -0.25) is 9.89 Å². The summed E-state index contributed by atoms with van der Waals surface area (Å²) in [5.41, 5.74) is 11.8. The van der Waals surface area contributed by atoms with Crippen molar-refractivity contribution < 1.29 is 0 Å². The van der Waals surface area contributed by atoms with Crippen LogP contribution in [0.1, 0.15) is 46.0 Å². The van der Waals surface area contributed by atoms with Gasteiger partial charge in [-0.2, -0.15) is 0 Å². The summed E-state index contributed by atoms with van der Waals surface area (Å²) in [4.78, 5) is 9.76. The Labute approximate surface area is 141 Å². The summed E-state index contributed by atoms with van der Waals surface area (Å²) in [6, 6.07) is 0.805. The normalized spacial score (nSPS) is 32.1. The summed E-state index contributed by atoms with van der Waals surface area (Å²) in [6.07, 6.45) is 8.18. The van der Waals surface area contributed by atoms with E-state index in [0.29, 0.717) is 12.0 Å². The van der Waals surface area contributed by atoms with Crippen LogP contribution in [0.2, 0.25) is 0 Å². The van der Waals surface area contributed by atoms with Gasteiger partial charge in [-0.15, -0.1) is 0 Å². The van der Waals surface area contributed by atoms with Crippen LogP contribution in [0.25, 0.3) is 0 Å². The number of rotatable bonds is 3. The summed E-state index contributed by atoms with van der Waals surface area (Å²) >= 11 is 0. The van der Waals surface area contributed by atoms with Crippen molar-refractivity contribution in [2.45, 2.75) is 58.0 Å². The van der Waals surface area contributed by atoms with Gasteiger partial charge in [0.15, 0.2) is 0 Å². The van der Waals surface area contributed by atoms with Crippen LogP contribution in [-0.2, 0) is 0 Å². The predicted molar refractivity (Wildman–Crippen MR) is 97.5 cm³/mol. The number of hydrogen-bond donors (Lipinski definition) is 1. The minimum atomic E-state index is 0.284. The van der Waals surface area contributed by atoms with E-state index in [-0.39, 0.29) is 6.04 Å². The Hall–Kier alpha value is -1.13. The minimum Gasteiger partial charge on any atom is -0.398 e. The van der Waals surface area contributed by atoms with Crippen LogP contribution in [0.15, 0.2) is 27.5 Å². The molecule has 4 nitrogen and oxygen atoms in total. The maximum absolute atomic E-state index is 6.72. The zero-order chi connectivity index (χ0) is 16.6. The molecular weight excluding hydrogens is 284 g/mol. The molecule has 1 aliphatic carbocycles. The first-order chi connectivity index (χ1) is 11.0. The Morgan fingerprint density at radius 3 is 2.70 bits per heavy atom. The fourth-order valence-electron chi connectivity index (χ4n) is 4.31. The molecule has 2 aliphatic heterocycles. The molecule has 3 unspecified atom stereocenters. The molecule has 3 atom stereocenters. The van der Waals surface area contributed by atoms with Crippen molar-refractivity contribution in [1.82, 2.24) is 9.80 Å². The molecule has 0 radical (unpaired) electrons. The third-order valence-corrected chi connectivity index (χ3v) is 5.92. The predicted octanol–water partition coefficient (Wildman–Crippen LogP) is 2.77. The van der Waals surface area contributed by atoms with E-state index < -0.39 is 0 Å². The molecule has 0 amide bonds. The molecule has 3 aliphatic rings. The largest absolute Gasteiger partial charge is 0.398 e. The highest BCUT2D eigenvalue weighted by molar-refractivity contribution is 5.75. The molecular formula is C19H32N4. The van der Waals surface area contributed by atoms with Crippen LogP contribution in [-0.4, -0.2) is 55.3 Å². The van der Waals surface area contributed by atoms with Crippen molar-refractivity contribution in [1.29, 1.82) is 0 Å². The van der Waals surface area contributed by atoms with Gasteiger partial charge < -0.3 is 10.6 Å². The molecule has 0 aromatic heterocycles. The Kier molecular flexibility index (Phi) is 4.93. The first-order valence-corrected chi connectivity index (χ1v) is 9.17. The molecule has 1 saturated heterocycles.